The molecule has 0 saturated carbocycles. The van der Waals surface area contributed by atoms with E-state index >= 15 is 0 Å². The summed E-state index contributed by atoms with van der Waals surface area (Å²) in [5.74, 6) is 0.207. The Morgan fingerprint density at radius 3 is 2.82 bits per heavy atom. The van der Waals surface area contributed by atoms with Gasteiger partial charge in [0.25, 0.3) is 5.91 Å². The largest absolute Gasteiger partial charge is 0.328 e. The monoisotopic (exact) mass is 295 g/mol. The van der Waals surface area contributed by atoms with Gasteiger partial charge < -0.3 is 4.52 Å². The number of nitrogens with one attached hydrogen (secondary N) is 1. The molecule has 0 spiro atoms. The summed E-state index contributed by atoms with van der Waals surface area (Å²) in [6.07, 6.45) is 0. The topological polar surface area (TPSA) is 68.0 Å². The predicted molar refractivity (Wildman–Crippen MR) is 65.9 cm³/mol. The molecule has 6 heteroatoms. The number of hydrogen-bond donors (Lipinski definition) is 1. The number of aromatic nitrogens is 2. The third-order valence-electron chi connectivity index (χ3n) is 2.26. The van der Waals surface area contributed by atoms with Crippen LogP contribution in [0.2, 0.25) is 0 Å². The molecular formula is C11H10BrN3O2. The molecule has 0 aliphatic heterocycles. The molecule has 1 aromatic heterocycles. The van der Waals surface area contributed by atoms with Gasteiger partial charge in [-0.3, -0.25) is 10.1 Å². The Morgan fingerprint density at radius 1 is 1.41 bits per heavy atom. The van der Waals surface area contributed by atoms with Gasteiger partial charge in [0.15, 0.2) is 5.82 Å². The van der Waals surface area contributed by atoms with Crippen molar-refractivity contribution in [2.75, 3.05) is 5.32 Å². The van der Waals surface area contributed by atoms with Gasteiger partial charge in [-0.1, -0.05) is 27.2 Å². The molecule has 17 heavy (non-hydrogen) atoms. The van der Waals surface area contributed by atoms with Crippen LogP contribution in [0.4, 0.5) is 6.01 Å². The highest BCUT2D eigenvalue weighted by atomic mass is 79.9. The SMILES string of the molecule is Cc1noc(NC(=O)c2cccc(Br)c2C)n1. The fourth-order valence-electron chi connectivity index (χ4n) is 1.37. The maximum atomic E-state index is 11.9. The van der Waals surface area contributed by atoms with Crippen molar-refractivity contribution in [1.82, 2.24) is 10.1 Å². The Balaban J connectivity index is 2.23. The molecule has 0 aliphatic carbocycles. The Kier molecular flexibility index (Phi) is 3.23. The predicted octanol–water partition coefficient (Wildman–Crippen LogP) is 2.70. The number of amides is 1. The summed E-state index contributed by atoms with van der Waals surface area (Å²) in [7, 11) is 0. The van der Waals surface area contributed by atoms with Crippen molar-refractivity contribution in [3.05, 3.63) is 39.6 Å². The zero-order valence-corrected chi connectivity index (χ0v) is 10.9. The van der Waals surface area contributed by atoms with Crippen molar-refractivity contribution in [3.8, 4) is 0 Å². The molecule has 88 valence electrons. The third kappa shape index (κ3) is 2.52. The van der Waals surface area contributed by atoms with Crippen LogP contribution in [0.5, 0.6) is 0 Å². The van der Waals surface area contributed by atoms with Gasteiger partial charge in [-0.2, -0.15) is 4.98 Å². The first kappa shape index (κ1) is 11.8. The van der Waals surface area contributed by atoms with E-state index in [2.05, 4.69) is 31.4 Å². The summed E-state index contributed by atoms with van der Waals surface area (Å²) in [4.78, 5) is 15.8. The molecular weight excluding hydrogens is 286 g/mol. The third-order valence-corrected chi connectivity index (χ3v) is 3.12. The van der Waals surface area contributed by atoms with Gasteiger partial charge in [-0.05, 0) is 31.5 Å². The number of rotatable bonds is 2. The molecule has 0 fully saturated rings. The van der Waals surface area contributed by atoms with Crippen molar-refractivity contribution >= 4 is 27.9 Å². The van der Waals surface area contributed by atoms with Crippen LogP contribution in [0.25, 0.3) is 0 Å². The molecule has 0 atom stereocenters. The number of hydrogen-bond acceptors (Lipinski definition) is 4. The van der Waals surface area contributed by atoms with Crippen molar-refractivity contribution in [3.63, 3.8) is 0 Å². The first-order chi connectivity index (χ1) is 8.08. The van der Waals surface area contributed by atoms with Crippen molar-refractivity contribution in [1.29, 1.82) is 0 Å². The molecule has 2 aromatic rings. The van der Waals surface area contributed by atoms with Gasteiger partial charge in [0.1, 0.15) is 0 Å². The number of aryl methyl sites for hydroxylation is 1. The Morgan fingerprint density at radius 2 is 2.18 bits per heavy atom. The fourth-order valence-corrected chi connectivity index (χ4v) is 1.73. The van der Waals surface area contributed by atoms with E-state index in [0.717, 1.165) is 10.0 Å². The van der Waals surface area contributed by atoms with E-state index in [9.17, 15) is 4.79 Å². The smallest absolute Gasteiger partial charge is 0.315 e. The normalized spacial score (nSPS) is 10.3. The van der Waals surface area contributed by atoms with E-state index in [4.69, 9.17) is 4.52 Å². The van der Waals surface area contributed by atoms with Crippen LogP contribution in [0.1, 0.15) is 21.7 Å². The minimum Gasteiger partial charge on any atom is -0.315 e. The number of carbonyl (C=O) groups excluding carboxylic acids is 1. The van der Waals surface area contributed by atoms with E-state index in [-0.39, 0.29) is 11.9 Å². The molecule has 1 aromatic carbocycles. The van der Waals surface area contributed by atoms with E-state index in [1.807, 2.05) is 13.0 Å². The highest BCUT2D eigenvalue weighted by molar-refractivity contribution is 9.10. The minimum absolute atomic E-state index is 0.104. The number of benzene rings is 1. The van der Waals surface area contributed by atoms with Crippen molar-refractivity contribution in [2.45, 2.75) is 13.8 Å². The van der Waals surface area contributed by atoms with Crippen LogP contribution in [0.3, 0.4) is 0 Å². The van der Waals surface area contributed by atoms with Gasteiger partial charge in [0.05, 0.1) is 0 Å². The number of halogens is 1. The Hall–Kier alpha value is -1.69. The molecule has 2 rings (SSSR count). The average molecular weight is 296 g/mol. The van der Waals surface area contributed by atoms with E-state index in [0.29, 0.717) is 11.4 Å². The summed E-state index contributed by atoms with van der Waals surface area (Å²) >= 11 is 3.37. The fraction of sp³-hybridized carbons (Fsp3) is 0.182. The summed E-state index contributed by atoms with van der Waals surface area (Å²) in [6, 6.07) is 5.51. The van der Waals surface area contributed by atoms with Crippen molar-refractivity contribution in [2.24, 2.45) is 0 Å². The molecule has 0 unspecified atom stereocenters. The quantitative estimate of drug-likeness (QED) is 0.925. The average Bonchev–Trinajstić information content (AvgIpc) is 2.68. The van der Waals surface area contributed by atoms with Crippen LogP contribution < -0.4 is 5.32 Å². The second kappa shape index (κ2) is 4.67. The second-order valence-corrected chi connectivity index (χ2v) is 4.37. The van der Waals surface area contributed by atoms with Gasteiger partial charge in [0, 0.05) is 10.0 Å². The zero-order chi connectivity index (χ0) is 12.4. The van der Waals surface area contributed by atoms with E-state index < -0.39 is 0 Å². The molecule has 1 amide bonds. The van der Waals surface area contributed by atoms with Gasteiger partial charge in [0.2, 0.25) is 0 Å². The minimum atomic E-state index is -0.271. The number of anilines is 1. The lowest BCUT2D eigenvalue weighted by atomic mass is 10.1. The lowest BCUT2D eigenvalue weighted by molar-refractivity contribution is 0.102. The summed E-state index contributed by atoms with van der Waals surface area (Å²) in [5.41, 5.74) is 1.43. The van der Waals surface area contributed by atoms with Crippen LogP contribution in [0, 0.1) is 13.8 Å². The Labute approximate surface area is 106 Å². The first-order valence-electron chi connectivity index (χ1n) is 4.94. The number of nitrogens with zero attached hydrogens (tertiary/aromatic N) is 2. The summed E-state index contributed by atoms with van der Waals surface area (Å²) < 4.78 is 5.70. The maximum absolute atomic E-state index is 11.9. The highest BCUT2D eigenvalue weighted by Crippen LogP contribution is 2.20. The standard InChI is InChI=1S/C11H10BrN3O2/c1-6-8(4-3-5-9(6)12)10(16)14-11-13-7(2)15-17-11/h3-5H,1-2H3,(H,13,14,15,16). The zero-order valence-electron chi connectivity index (χ0n) is 9.32. The molecule has 1 N–H and O–H groups in total. The lowest BCUT2D eigenvalue weighted by Crippen LogP contribution is -2.13. The summed E-state index contributed by atoms with van der Waals surface area (Å²) in [6.45, 7) is 3.54. The molecule has 0 radical (unpaired) electrons. The molecule has 0 bridgehead atoms. The van der Waals surface area contributed by atoms with E-state index in [1.54, 1.807) is 19.1 Å². The van der Waals surface area contributed by atoms with Gasteiger partial charge in [-0.15, -0.1) is 0 Å². The van der Waals surface area contributed by atoms with Gasteiger partial charge in [-0.25, -0.2) is 0 Å². The van der Waals surface area contributed by atoms with Gasteiger partial charge >= 0.3 is 6.01 Å². The molecule has 0 aliphatic rings. The maximum Gasteiger partial charge on any atom is 0.328 e. The van der Waals surface area contributed by atoms with Crippen LogP contribution in [-0.4, -0.2) is 16.0 Å². The highest BCUT2D eigenvalue weighted by Gasteiger charge is 2.13. The Bertz CT molecular complexity index is 566. The first-order valence-corrected chi connectivity index (χ1v) is 5.74. The lowest BCUT2D eigenvalue weighted by Gasteiger charge is -2.05. The summed E-state index contributed by atoms with van der Waals surface area (Å²) in [5, 5.41) is 6.14. The molecule has 0 saturated heterocycles. The van der Waals surface area contributed by atoms with Crippen LogP contribution in [-0.2, 0) is 0 Å². The van der Waals surface area contributed by atoms with Crippen LogP contribution >= 0.6 is 15.9 Å². The van der Waals surface area contributed by atoms with Crippen molar-refractivity contribution < 1.29 is 9.32 Å². The second-order valence-electron chi connectivity index (χ2n) is 3.51. The van der Waals surface area contributed by atoms with Crippen LogP contribution in [0.15, 0.2) is 27.2 Å². The molecule has 1 heterocycles. The van der Waals surface area contributed by atoms with E-state index in [1.165, 1.54) is 0 Å². The number of carbonyl (C=O) groups is 1. The molecule has 5 nitrogen and oxygen atoms in total.